The minimum atomic E-state index is -0.675. The van der Waals surface area contributed by atoms with Crippen molar-refractivity contribution in [2.45, 2.75) is 39.3 Å². The van der Waals surface area contributed by atoms with E-state index in [2.05, 4.69) is 5.32 Å². The van der Waals surface area contributed by atoms with Crippen LogP contribution >= 0.6 is 11.6 Å². The molecule has 6 nitrogen and oxygen atoms in total. The third-order valence-electron chi connectivity index (χ3n) is 6.18. The predicted molar refractivity (Wildman–Crippen MR) is 135 cm³/mol. The molecule has 3 amide bonds. The first kappa shape index (κ1) is 23.8. The van der Waals surface area contributed by atoms with Crippen molar-refractivity contribution in [1.29, 1.82) is 0 Å². The van der Waals surface area contributed by atoms with Crippen molar-refractivity contribution in [2.24, 2.45) is 0 Å². The molecule has 0 saturated heterocycles. The third kappa shape index (κ3) is 4.50. The Morgan fingerprint density at radius 3 is 2.47 bits per heavy atom. The molecule has 1 N–H and O–H groups in total. The van der Waals surface area contributed by atoms with Gasteiger partial charge in [0.15, 0.2) is 0 Å². The average molecular weight is 478 g/mol. The molecule has 0 saturated carbocycles. The SMILES string of the molecule is CCCNC(=O)C(CC)N(Cc1ccccc1Cl)C(=O)CN1C(=O)c2cccc3cccc1c23. The van der Waals surface area contributed by atoms with Crippen LogP contribution < -0.4 is 10.2 Å². The van der Waals surface area contributed by atoms with E-state index in [0.29, 0.717) is 29.2 Å². The second kappa shape index (κ2) is 10.3. The van der Waals surface area contributed by atoms with Crippen LogP contribution in [0, 0.1) is 0 Å². The van der Waals surface area contributed by atoms with Gasteiger partial charge in [0.1, 0.15) is 12.6 Å². The maximum absolute atomic E-state index is 13.7. The molecule has 3 aromatic carbocycles. The van der Waals surface area contributed by atoms with Crippen molar-refractivity contribution < 1.29 is 14.4 Å². The van der Waals surface area contributed by atoms with Crippen LogP contribution in [0.25, 0.3) is 10.8 Å². The first-order chi connectivity index (χ1) is 16.5. The number of hydrogen-bond donors (Lipinski definition) is 1. The van der Waals surface area contributed by atoms with E-state index >= 15 is 0 Å². The van der Waals surface area contributed by atoms with Crippen molar-refractivity contribution >= 4 is 45.8 Å². The molecule has 0 fully saturated rings. The summed E-state index contributed by atoms with van der Waals surface area (Å²) in [7, 11) is 0. The van der Waals surface area contributed by atoms with Gasteiger partial charge in [-0.2, -0.15) is 0 Å². The Balaban J connectivity index is 1.65. The van der Waals surface area contributed by atoms with Gasteiger partial charge < -0.3 is 10.2 Å². The second-order valence-corrected chi connectivity index (χ2v) is 8.81. The highest BCUT2D eigenvalue weighted by atomic mass is 35.5. The topological polar surface area (TPSA) is 69.7 Å². The maximum Gasteiger partial charge on any atom is 0.259 e. The summed E-state index contributed by atoms with van der Waals surface area (Å²) in [6.45, 7) is 4.40. The number of rotatable bonds is 9. The molecule has 1 aliphatic rings. The molecular formula is C27H28ClN3O3. The molecule has 0 spiro atoms. The minimum absolute atomic E-state index is 0.158. The first-order valence-corrected chi connectivity index (χ1v) is 12.0. The monoisotopic (exact) mass is 477 g/mol. The van der Waals surface area contributed by atoms with E-state index in [9.17, 15) is 14.4 Å². The zero-order chi connectivity index (χ0) is 24.2. The van der Waals surface area contributed by atoms with E-state index in [0.717, 1.165) is 22.8 Å². The molecule has 4 rings (SSSR count). The number of halogens is 1. The van der Waals surface area contributed by atoms with E-state index in [1.807, 2.05) is 62.4 Å². The fourth-order valence-corrected chi connectivity index (χ4v) is 4.65. The van der Waals surface area contributed by atoms with Gasteiger partial charge in [-0.1, -0.05) is 67.9 Å². The summed E-state index contributed by atoms with van der Waals surface area (Å²) >= 11 is 6.39. The number of carbonyl (C=O) groups excluding carboxylic acids is 3. The Hall–Kier alpha value is -3.38. The number of hydrogen-bond acceptors (Lipinski definition) is 3. The Kier molecular flexibility index (Phi) is 7.17. The molecule has 1 atom stereocenters. The summed E-state index contributed by atoms with van der Waals surface area (Å²) in [5.41, 5.74) is 2.05. The lowest BCUT2D eigenvalue weighted by Crippen LogP contribution is -2.52. The molecule has 0 aliphatic carbocycles. The molecule has 0 radical (unpaired) electrons. The predicted octanol–water partition coefficient (Wildman–Crippen LogP) is 4.79. The number of benzene rings is 3. The highest BCUT2D eigenvalue weighted by molar-refractivity contribution is 6.31. The Morgan fingerprint density at radius 2 is 1.76 bits per heavy atom. The molecule has 1 aliphatic heterocycles. The van der Waals surface area contributed by atoms with E-state index in [4.69, 9.17) is 11.6 Å². The van der Waals surface area contributed by atoms with Gasteiger partial charge in [-0.25, -0.2) is 0 Å². The van der Waals surface area contributed by atoms with Gasteiger partial charge in [0, 0.05) is 29.1 Å². The zero-order valence-corrected chi connectivity index (χ0v) is 20.1. The molecule has 0 bridgehead atoms. The Morgan fingerprint density at radius 1 is 1.03 bits per heavy atom. The molecular weight excluding hydrogens is 450 g/mol. The quantitative estimate of drug-likeness (QED) is 0.482. The molecule has 176 valence electrons. The van der Waals surface area contributed by atoms with E-state index in [1.165, 1.54) is 4.90 Å². The summed E-state index contributed by atoms with van der Waals surface area (Å²) in [6, 6.07) is 17.9. The van der Waals surface area contributed by atoms with Crippen molar-refractivity contribution in [2.75, 3.05) is 18.0 Å². The number of nitrogens with zero attached hydrogens (tertiary/aromatic N) is 2. The maximum atomic E-state index is 13.7. The van der Waals surface area contributed by atoms with Crippen LogP contribution in [-0.2, 0) is 16.1 Å². The number of anilines is 1. The van der Waals surface area contributed by atoms with Gasteiger partial charge in [0.2, 0.25) is 11.8 Å². The van der Waals surface area contributed by atoms with Crippen molar-refractivity contribution in [3.05, 3.63) is 76.8 Å². The molecule has 7 heteroatoms. The Labute approximate surface area is 204 Å². The van der Waals surface area contributed by atoms with Crippen molar-refractivity contribution in [3.8, 4) is 0 Å². The molecule has 34 heavy (non-hydrogen) atoms. The van der Waals surface area contributed by atoms with Crippen molar-refractivity contribution in [3.63, 3.8) is 0 Å². The summed E-state index contributed by atoms with van der Waals surface area (Å²) in [5, 5.41) is 5.24. The van der Waals surface area contributed by atoms with Crippen LogP contribution in [0.1, 0.15) is 42.6 Å². The van der Waals surface area contributed by atoms with Crippen LogP contribution in [0.3, 0.4) is 0 Å². The van der Waals surface area contributed by atoms with Gasteiger partial charge in [0.25, 0.3) is 5.91 Å². The molecule has 1 unspecified atom stereocenters. The standard InChI is InChI=1S/C27H28ClN3O3/c1-3-15-29-26(33)22(4-2)30(16-19-9-5-6-13-21(19)28)24(32)17-31-23-14-8-11-18-10-7-12-20(25(18)23)27(31)34/h5-14,22H,3-4,15-17H2,1-2H3,(H,29,33). The highest BCUT2D eigenvalue weighted by Crippen LogP contribution is 2.37. The molecule has 1 heterocycles. The first-order valence-electron chi connectivity index (χ1n) is 11.6. The Bertz CT molecular complexity index is 1240. The number of nitrogens with one attached hydrogen (secondary N) is 1. The lowest BCUT2D eigenvalue weighted by Gasteiger charge is -2.32. The van der Waals surface area contributed by atoms with Crippen LogP contribution in [0.15, 0.2) is 60.7 Å². The van der Waals surface area contributed by atoms with E-state index in [-0.39, 0.29) is 30.8 Å². The van der Waals surface area contributed by atoms with Crippen LogP contribution in [0.2, 0.25) is 5.02 Å². The van der Waals surface area contributed by atoms with Gasteiger partial charge >= 0.3 is 0 Å². The average Bonchev–Trinajstić information content (AvgIpc) is 3.11. The lowest BCUT2D eigenvalue weighted by atomic mass is 10.1. The van der Waals surface area contributed by atoms with Crippen LogP contribution in [-0.4, -0.2) is 41.8 Å². The smallest absolute Gasteiger partial charge is 0.259 e. The lowest BCUT2D eigenvalue weighted by molar-refractivity contribution is -0.140. The van der Waals surface area contributed by atoms with Gasteiger partial charge in [-0.3, -0.25) is 19.3 Å². The molecule has 3 aromatic rings. The fourth-order valence-electron chi connectivity index (χ4n) is 4.46. The van der Waals surface area contributed by atoms with Gasteiger partial charge in [-0.15, -0.1) is 0 Å². The highest BCUT2D eigenvalue weighted by Gasteiger charge is 2.35. The second-order valence-electron chi connectivity index (χ2n) is 8.40. The summed E-state index contributed by atoms with van der Waals surface area (Å²) in [5.74, 6) is -0.721. The van der Waals surface area contributed by atoms with Crippen molar-refractivity contribution in [1.82, 2.24) is 10.2 Å². The van der Waals surface area contributed by atoms with Gasteiger partial charge in [-0.05, 0) is 42.0 Å². The van der Waals surface area contributed by atoms with Crippen LogP contribution in [0.5, 0.6) is 0 Å². The summed E-state index contributed by atoms with van der Waals surface area (Å²) < 4.78 is 0. The fraction of sp³-hybridized carbons (Fsp3) is 0.296. The number of amides is 3. The molecule has 0 aromatic heterocycles. The van der Waals surface area contributed by atoms with Crippen LogP contribution in [0.4, 0.5) is 5.69 Å². The largest absolute Gasteiger partial charge is 0.354 e. The normalized spacial score (nSPS) is 13.3. The third-order valence-corrected chi connectivity index (χ3v) is 6.54. The summed E-state index contributed by atoms with van der Waals surface area (Å²) in [6.07, 6.45) is 1.24. The van der Waals surface area contributed by atoms with E-state index < -0.39 is 6.04 Å². The van der Waals surface area contributed by atoms with E-state index in [1.54, 1.807) is 17.0 Å². The minimum Gasteiger partial charge on any atom is -0.354 e. The number of carbonyl (C=O) groups is 3. The summed E-state index contributed by atoms with van der Waals surface area (Å²) in [4.78, 5) is 43.0. The zero-order valence-electron chi connectivity index (χ0n) is 19.4. The van der Waals surface area contributed by atoms with Gasteiger partial charge in [0.05, 0.1) is 5.69 Å².